The Bertz CT molecular complexity index is 1260. The fourth-order valence-electron chi connectivity index (χ4n) is 4.75. The average Bonchev–Trinajstić information content (AvgIpc) is 2.89. The van der Waals surface area contributed by atoms with Gasteiger partial charge in [-0.1, -0.05) is 30.3 Å². The van der Waals surface area contributed by atoms with E-state index in [9.17, 15) is 17.6 Å². The van der Waals surface area contributed by atoms with Crippen LogP contribution >= 0.6 is 0 Å². The first kappa shape index (κ1) is 26.8. The molecule has 3 aromatic rings. The number of sulfone groups is 1. The van der Waals surface area contributed by atoms with E-state index in [-0.39, 0.29) is 16.7 Å². The molecule has 0 radical (unpaired) electrons. The molecule has 8 heteroatoms. The molecule has 2 amide bonds. The van der Waals surface area contributed by atoms with Gasteiger partial charge in [0.05, 0.1) is 4.90 Å². The summed E-state index contributed by atoms with van der Waals surface area (Å²) in [5, 5.41) is 2.90. The van der Waals surface area contributed by atoms with Gasteiger partial charge in [0.25, 0.3) is 0 Å². The SMILES string of the molecule is CS(=O)(=O)c1ccc(NC(=O)N(CCCN2CCC(Cc3ccc(F)cc3)CC2)c2ccccc2)cc1. The van der Waals surface area contributed by atoms with Crippen molar-refractivity contribution in [3.8, 4) is 0 Å². The largest absolute Gasteiger partial charge is 0.326 e. The second-order valence-electron chi connectivity index (χ2n) is 9.68. The quantitative estimate of drug-likeness (QED) is 0.396. The first-order chi connectivity index (χ1) is 17.8. The van der Waals surface area contributed by atoms with Gasteiger partial charge in [-0.3, -0.25) is 4.90 Å². The summed E-state index contributed by atoms with van der Waals surface area (Å²) in [6, 6.07) is 22.3. The highest BCUT2D eigenvalue weighted by Gasteiger charge is 2.21. The van der Waals surface area contributed by atoms with Gasteiger partial charge in [0.1, 0.15) is 5.82 Å². The number of nitrogens with zero attached hydrogens (tertiary/aromatic N) is 2. The van der Waals surface area contributed by atoms with Crippen LogP contribution in [0.2, 0.25) is 0 Å². The van der Waals surface area contributed by atoms with Gasteiger partial charge in [-0.2, -0.15) is 0 Å². The summed E-state index contributed by atoms with van der Waals surface area (Å²) in [7, 11) is -3.29. The van der Waals surface area contributed by atoms with Crippen molar-refractivity contribution in [2.75, 3.05) is 42.7 Å². The number of benzene rings is 3. The van der Waals surface area contributed by atoms with Crippen molar-refractivity contribution in [3.05, 3.63) is 90.2 Å². The van der Waals surface area contributed by atoms with Crippen LogP contribution in [-0.4, -0.2) is 51.8 Å². The van der Waals surface area contributed by atoms with Crippen LogP contribution in [0.3, 0.4) is 0 Å². The van der Waals surface area contributed by atoms with E-state index in [0.29, 0.717) is 18.2 Å². The number of hydrogen-bond acceptors (Lipinski definition) is 4. The van der Waals surface area contributed by atoms with Crippen LogP contribution in [0.5, 0.6) is 0 Å². The van der Waals surface area contributed by atoms with Crippen molar-refractivity contribution in [1.82, 2.24) is 4.90 Å². The summed E-state index contributed by atoms with van der Waals surface area (Å²) in [6.07, 6.45) is 5.21. The second-order valence-corrected chi connectivity index (χ2v) is 11.7. The molecule has 4 rings (SSSR count). The molecule has 1 aliphatic rings. The number of rotatable bonds is 9. The third-order valence-electron chi connectivity index (χ3n) is 6.85. The zero-order chi connectivity index (χ0) is 26.3. The standard InChI is InChI=1S/C29H34FN3O3S/c1-37(35,36)28-14-12-26(13-15-28)31-29(34)33(27-6-3-2-4-7-27)19-5-18-32-20-16-24(17-21-32)22-23-8-10-25(30)11-9-23/h2-4,6-15,24H,5,16-22H2,1H3,(H,31,34). The van der Waals surface area contributed by atoms with E-state index >= 15 is 0 Å². The Morgan fingerprint density at radius 3 is 2.24 bits per heavy atom. The molecule has 6 nitrogen and oxygen atoms in total. The number of anilines is 2. The lowest BCUT2D eigenvalue weighted by molar-refractivity contribution is 0.183. The van der Waals surface area contributed by atoms with Crippen LogP contribution < -0.4 is 10.2 Å². The zero-order valence-electron chi connectivity index (χ0n) is 21.1. The molecule has 1 N–H and O–H groups in total. The minimum Gasteiger partial charge on any atom is -0.308 e. The predicted molar refractivity (Wildman–Crippen MR) is 146 cm³/mol. The summed E-state index contributed by atoms with van der Waals surface area (Å²) in [5.74, 6) is 0.420. The Kier molecular flexibility index (Phi) is 8.95. The number of urea groups is 1. The molecule has 1 fully saturated rings. The lowest BCUT2D eigenvalue weighted by Crippen LogP contribution is -2.39. The molecule has 1 saturated heterocycles. The second kappa shape index (κ2) is 12.3. The molecule has 0 aliphatic carbocycles. The number of carbonyl (C=O) groups excluding carboxylic acids is 1. The fourth-order valence-corrected chi connectivity index (χ4v) is 5.38. The number of likely N-dealkylation sites (tertiary alicyclic amines) is 1. The number of amides is 2. The van der Waals surface area contributed by atoms with E-state index in [1.165, 1.54) is 29.8 Å². The maximum Gasteiger partial charge on any atom is 0.326 e. The van der Waals surface area contributed by atoms with Gasteiger partial charge < -0.3 is 10.2 Å². The Morgan fingerprint density at radius 2 is 1.62 bits per heavy atom. The highest BCUT2D eigenvalue weighted by Crippen LogP contribution is 2.23. The molecule has 0 bridgehead atoms. The van der Waals surface area contributed by atoms with Gasteiger partial charge in [-0.05, 0) is 105 Å². The Morgan fingerprint density at radius 1 is 0.973 bits per heavy atom. The van der Waals surface area contributed by atoms with Gasteiger partial charge in [0, 0.05) is 24.2 Å². The van der Waals surface area contributed by atoms with Crippen LogP contribution in [0, 0.1) is 11.7 Å². The summed E-state index contributed by atoms with van der Waals surface area (Å²) < 4.78 is 36.6. The van der Waals surface area contributed by atoms with Gasteiger partial charge >= 0.3 is 6.03 Å². The van der Waals surface area contributed by atoms with E-state index in [0.717, 1.165) is 57.3 Å². The molecule has 0 unspecified atom stereocenters. The first-order valence-corrected chi connectivity index (χ1v) is 14.6. The molecule has 37 heavy (non-hydrogen) atoms. The van der Waals surface area contributed by atoms with Crippen molar-refractivity contribution in [2.24, 2.45) is 5.92 Å². The zero-order valence-corrected chi connectivity index (χ0v) is 22.0. The van der Waals surface area contributed by atoms with Gasteiger partial charge in [0.15, 0.2) is 9.84 Å². The number of para-hydroxylation sites is 1. The predicted octanol–water partition coefficient (Wildman–Crippen LogP) is 5.61. The van der Waals surface area contributed by atoms with E-state index in [4.69, 9.17) is 0 Å². The molecule has 196 valence electrons. The Hall–Kier alpha value is -3.23. The van der Waals surface area contributed by atoms with Crippen molar-refractivity contribution < 1.29 is 17.6 Å². The minimum absolute atomic E-state index is 0.193. The average molecular weight is 524 g/mol. The van der Waals surface area contributed by atoms with E-state index in [2.05, 4.69) is 10.2 Å². The smallest absolute Gasteiger partial charge is 0.308 e. The van der Waals surface area contributed by atoms with Crippen LogP contribution in [0.15, 0.2) is 83.8 Å². The van der Waals surface area contributed by atoms with Gasteiger partial charge in [-0.15, -0.1) is 0 Å². The van der Waals surface area contributed by atoms with Gasteiger partial charge in [-0.25, -0.2) is 17.6 Å². The number of hydrogen-bond donors (Lipinski definition) is 1. The van der Waals surface area contributed by atoms with Crippen LogP contribution in [-0.2, 0) is 16.3 Å². The first-order valence-electron chi connectivity index (χ1n) is 12.7. The molecule has 0 aromatic heterocycles. The lowest BCUT2D eigenvalue weighted by atomic mass is 9.90. The molecular weight excluding hydrogens is 489 g/mol. The number of nitrogens with one attached hydrogen (secondary N) is 1. The normalized spacial score (nSPS) is 14.9. The van der Waals surface area contributed by atoms with Crippen molar-refractivity contribution in [1.29, 1.82) is 0 Å². The maximum atomic E-state index is 13.2. The van der Waals surface area contributed by atoms with Crippen molar-refractivity contribution in [2.45, 2.75) is 30.6 Å². The number of piperidine rings is 1. The third-order valence-corrected chi connectivity index (χ3v) is 7.98. The monoisotopic (exact) mass is 523 g/mol. The summed E-state index contributed by atoms with van der Waals surface area (Å²) in [5.41, 5.74) is 2.54. The van der Waals surface area contributed by atoms with E-state index in [1.807, 2.05) is 42.5 Å². The molecule has 0 saturated carbocycles. The highest BCUT2D eigenvalue weighted by atomic mass is 32.2. The van der Waals surface area contributed by atoms with E-state index in [1.54, 1.807) is 17.0 Å². The summed E-state index contributed by atoms with van der Waals surface area (Å²) in [6.45, 7) is 3.52. The molecule has 1 heterocycles. The Labute approximate surface area is 219 Å². The van der Waals surface area contributed by atoms with Crippen molar-refractivity contribution in [3.63, 3.8) is 0 Å². The van der Waals surface area contributed by atoms with Gasteiger partial charge in [0.2, 0.25) is 0 Å². The molecular formula is C29H34FN3O3S. The third kappa shape index (κ3) is 7.87. The highest BCUT2D eigenvalue weighted by molar-refractivity contribution is 7.90. The Balaban J connectivity index is 1.29. The number of halogens is 1. The van der Waals surface area contributed by atoms with E-state index < -0.39 is 9.84 Å². The number of carbonyl (C=O) groups is 1. The maximum absolute atomic E-state index is 13.2. The molecule has 3 aromatic carbocycles. The van der Waals surface area contributed by atoms with Crippen LogP contribution in [0.4, 0.5) is 20.6 Å². The molecule has 0 spiro atoms. The topological polar surface area (TPSA) is 69.7 Å². The minimum atomic E-state index is -3.29. The molecule has 0 atom stereocenters. The van der Waals surface area contributed by atoms with Crippen LogP contribution in [0.1, 0.15) is 24.8 Å². The molecule has 1 aliphatic heterocycles. The summed E-state index contributed by atoms with van der Waals surface area (Å²) in [4.78, 5) is 17.6. The summed E-state index contributed by atoms with van der Waals surface area (Å²) >= 11 is 0. The van der Waals surface area contributed by atoms with Crippen molar-refractivity contribution >= 4 is 27.2 Å². The van der Waals surface area contributed by atoms with Crippen LogP contribution in [0.25, 0.3) is 0 Å². The fraction of sp³-hybridized carbons (Fsp3) is 0.345. The lowest BCUT2D eigenvalue weighted by Gasteiger charge is -2.32.